The van der Waals surface area contributed by atoms with Gasteiger partial charge >= 0.3 is 0 Å². The van der Waals surface area contributed by atoms with Gasteiger partial charge in [0, 0.05) is 5.56 Å². The highest BCUT2D eigenvalue weighted by molar-refractivity contribution is 5.50. The average Bonchev–Trinajstić information content (AvgIpc) is 2.75. The van der Waals surface area contributed by atoms with Gasteiger partial charge in [-0.1, -0.05) is 12.1 Å². The van der Waals surface area contributed by atoms with E-state index in [-0.39, 0.29) is 18.1 Å². The molecule has 0 aromatic heterocycles. The summed E-state index contributed by atoms with van der Waals surface area (Å²) in [5.41, 5.74) is 5.54. The maximum Gasteiger partial charge on any atom is 0.289 e. The number of aliphatic hydroxyl groups is 1. The van der Waals surface area contributed by atoms with Crippen molar-refractivity contribution < 1.29 is 23.4 Å². The minimum atomic E-state index is -3.39. The van der Waals surface area contributed by atoms with Crippen LogP contribution >= 0.6 is 0 Å². The van der Waals surface area contributed by atoms with Crippen molar-refractivity contribution in [2.24, 2.45) is 5.73 Å². The lowest BCUT2D eigenvalue weighted by atomic mass is 10.0. The van der Waals surface area contributed by atoms with Crippen molar-refractivity contribution in [1.29, 1.82) is 0 Å². The van der Waals surface area contributed by atoms with E-state index >= 15 is 0 Å². The summed E-state index contributed by atoms with van der Waals surface area (Å²) < 4.78 is 36.6. The van der Waals surface area contributed by atoms with Crippen molar-refractivity contribution in [1.82, 2.24) is 0 Å². The highest BCUT2D eigenvalue weighted by Gasteiger charge is 2.40. The Morgan fingerprint density at radius 2 is 2.19 bits per heavy atom. The van der Waals surface area contributed by atoms with Crippen molar-refractivity contribution in [2.45, 2.75) is 12.0 Å². The van der Waals surface area contributed by atoms with Crippen LogP contribution in [0.2, 0.25) is 0 Å². The second-order valence-corrected chi connectivity index (χ2v) is 3.48. The Hall–Kier alpha value is -1.40. The molecule has 0 bridgehead atoms. The number of rotatable bonds is 3. The van der Waals surface area contributed by atoms with Crippen molar-refractivity contribution in [3.05, 3.63) is 23.8 Å². The summed E-state index contributed by atoms with van der Waals surface area (Å²) in [5.74, 6) is -2.77. The van der Waals surface area contributed by atoms with E-state index in [4.69, 9.17) is 20.3 Å². The van der Waals surface area contributed by atoms with Crippen LogP contribution in [0, 0.1) is 0 Å². The first-order valence-corrected chi connectivity index (χ1v) is 4.69. The molecule has 1 heterocycles. The fraction of sp³-hybridized carbons (Fsp3) is 0.400. The Balaban J connectivity index is 2.38. The summed E-state index contributed by atoms with van der Waals surface area (Å²) >= 11 is 0. The number of aliphatic hydroxyl groups excluding tert-OH is 1. The smallest absolute Gasteiger partial charge is 0.289 e. The van der Waals surface area contributed by atoms with E-state index < -0.39 is 18.6 Å². The first-order valence-electron chi connectivity index (χ1n) is 4.69. The van der Waals surface area contributed by atoms with Gasteiger partial charge in [-0.25, -0.2) is 8.78 Å². The van der Waals surface area contributed by atoms with Crippen molar-refractivity contribution in [3.63, 3.8) is 0 Å². The first kappa shape index (κ1) is 11.1. The standard InChI is InChI=1S/C10H11F2NO3/c11-10(12,4-14)9(13)6-2-1-3-7-8(6)16-5-15-7/h1-3,9,14H,4-5,13H2/t9-/m1/s1. The molecule has 0 spiro atoms. The van der Waals surface area contributed by atoms with Crippen LogP contribution in [0.1, 0.15) is 11.6 Å². The van der Waals surface area contributed by atoms with Crippen LogP contribution in [0.25, 0.3) is 0 Å². The quantitative estimate of drug-likeness (QED) is 0.815. The van der Waals surface area contributed by atoms with E-state index in [0.717, 1.165) is 0 Å². The molecule has 6 heteroatoms. The molecule has 0 unspecified atom stereocenters. The summed E-state index contributed by atoms with van der Waals surface area (Å²) in [5, 5.41) is 8.57. The predicted molar refractivity (Wildman–Crippen MR) is 51.5 cm³/mol. The van der Waals surface area contributed by atoms with Crippen LogP contribution in [0.3, 0.4) is 0 Å². The molecule has 1 aromatic rings. The number of alkyl halides is 2. The number of ether oxygens (including phenoxy) is 2. The third-order valence-corrected chi connectivity index (χ3v) is 2.43. The fourth-order valence-electron chi connectivity index (χ4n) is 1.52. The van der Waals surface area contributed by atoms with Crippen molar-refractivity contribution in [3.8, 4) is 11.5 Å². The lowest BCUT2D eigenvalue weighted by Gasteiger charge is -2.22. The number of para-hydroxylation sites is 1. The molecule has 3 N–H and O–H groups in total. The Kier molecular flexibility index (Phi) is 2.69. The Bertz CT molecular complexity index is 398. The second-order valence-electron chi connectivity index (χ2n) is 3.48. The molecule has 1 atom stereocenters. The summed E-state index contributed by atoms with van der Waals surface area (Å²) in [6.07, 6.45) is 0. The molecule has 16 heavy (non-hydrogen) atoms. The zero-order chi connectivity index (χ0) is 11.8. The normalized spacial score (nSPS) is 16.2. The van der Waals surface area contributed by atoms with Gasteiger partial charge in [0.15, 0.2) is 11.5 Å². The van der Waals surface area contributed by atoms with Crippen LogP contribution in [-0.4, -0.2) is 24.4 Å². The predicted octanol–water partition coefficient (Wildman–Crippen LogP) is 1.04. The van der Waals surface area contributed by atoms with Crippen LogP contribution in [-0.2, 0) is 0 Å². The zero-order valence-electron chi connectivity index (χ0n) is 8.32. The minimum absolute atomic E-state index is 0.0102. The van der Waals surface area contributed by atoms with Gasteiger partial charge < -0.3 is 20.3 Å². The number of hydrogen-bond donors (Lipinski definition) is 2. The van der Waals surface area contributed by atoms with Gasteiger partial charge in [-0.15, -0.1) is 0 Å². The molecule has 0 amide bonds. The molecule has 88 valence electrons. The first-order chi connectivity index (χ1) is 7.56. The summed E-state index contributed by atoms with van der Waals surface area (Å²) in [6, 6.07) is 2.97. The SMILES string of the molecule is N[C@H](c1cccc2c1OCO2)C(F)(F)CO. The van der Waals surface area contributed by atoms with Crippen LogP contribution in [0.4, 0.5) is 8.78 Å². The van der Waals surface area contributed by atoms with E-state index in [9.17, 15) is 8.78 Å². The number of hydrogen-bond acceptors (Lipinski definition) is 4. The highest BCUT2D eigenvalue weighted by Crippen LogP contribution is 2.41. The van der Waals surface area contributed by atoms with Gasteiger partial charge in [0.05, 0.1) is 0 Å². The Labute approximate surface area is 90.6 Å². The largest absolute Gasteiger partial charge is 0.454 e. The molecule has 4 nitrogen and oxygen atoms in total. The third kappa shape index (κ3) is 1.70. The van der Waals surface area contributed by atoms with Crippen LogP contribution in [0.15, 0.2) is 18.2 Å². The van der Waals surface area contributed by atoms with E-state index in [1.807, 2.05) is 0 Å². The maximum atomic E-state index is 13.2. The zero-order valence-corrected chi connectivity index (χ0v) is 8.32. The molecular weight excluding hydrogens is 220 g/mol. The van der Waals surface area contributed by atoms with Crippen molar-refractivity contribution >= 4 is 0 Å². The molecule has 0 aliphatic carbocycles. The third-order valence-electron chi connectivity index (χ3n) is 2.43. The molecule has 0 radical (unpaired) electrons. The van der Waals surface area contributed by atoms with Crippen LogP contribution < -0.4 is 15.2 Å². The van der Waals surface area contributed by atoms with E-state index in [0.29, 0.717) is 5.75 Å². The van der Waals surface area contributed by atoms with E-state index in [2.05, 4.69) is 0 Å². The molecule has 0 saturated carbocycles. The topological polar surface area (TPSA) is 64.7 Å². The molecule has 1 aromatic carbocycles. The lowest BCUT2D eigenvalue weighted by molar-refractivity contribution is -0.0715. The number of nitrogens with two attached hydrogens (primary N) is 1. The van der Waals surface area contributed by atoms with Gasteiger partial charge in [-0.05, 0) is 6.07 Å². The van der Waals surface area contributed by atoms with Gasteiger partial charge in [0.2, 0.25) is 6.79 Å². The monoisotopic (exact) mass is 231 g/mol. The van der Waals surface area contributed by atoms with E-state index in [1.165, 1.54) is 6.07 Å². The fourth-order valence-corrected chi connectivity index (χ4v) is 1.52. The van der Waals surface area contributed by atoms with Gasteiger partial charge in [0.1, 0.15) is 12.6 Å². The van der Waals surface area contributed by atoms with Gasteiger partial charge in [-0.3, -0.25) is 0 Å². The second kappa shape index (κ2) is 3.88. The van der Waals surface area contributed by atoms with Gasteiger partial charge in [-0.2, -0.15) is 0 Å². The lowest BCUT2D eigenvalue weighted by Crippen LogP contribution is -2.36. The molecule has 0 fully saturated rings. The molecule has 1 aliphatic rings. The molecular formula is C10H11F2NO3. The summed E-state index contributed by atoms with van der Waals surface area (Å²) in [6.45, 7) is -1.32. The van der Waals surface area contributed by atoms with E-state index in [1.54, 1.807) is 12.1 Å². The maximum absolute atomic E-state index is 13.2. The molecule has 2 rings (SSSR count). The molecule has 0 saturated heterocycles. The Morgan fingerprint density at radius 1 is 1.44 bits per heavy atom. The minimum Gasteiger partial charge on any atom is -0.454 e. The number of benzene rings is 1. The number of halogens is 2. The summed E-state index contributed by atoms with van der Waals surface area (Å²) in [4.78, 5) is 0. The Morgan fingerprint density at radius 3 is 2.88 bits per heavy atom. The van der Waals surface area contributed by atoms with Crippen molar-refractivity contribution in [2.75, 3.05) is 13.4 Å². The summed E-state index contributed by atoms with van der Waals surface area (Å²) in [7, 11) is 0. The van der Waals surface area contributed by atoms with Gasteiger partial charge in [0.25, 0.3) is 5.92 Å². The average molecular weight is 231 g/mol. The molecule has 1 aliphatic heterocycles. The van der Waals surface area contributed by atoms with Crippen LogP contribution in [0.5, 0.6) is 11.5 Å². The number of fused-ring (bicyclic) bond motifs is 1. The highest BCUT2D eigenvalue weighted by atomic mass is 19.3.